The van der Waals surface area contributed by atoms with Gasteiger partial charge in [-0.15, -0.1) is 5.10 Å². The van der Waals surface area contributed by atoms with Crippen LogP contribution in [-0.2, 0) is 17.8 Å². The number of rotatable bonds is 8. The Morgan fingerprint density at radius 3 is 3.19 bits per heavy atom. The van der Waals surface area contributed by atoms with Crippen LogP contribution in [-0.4, -0.2) is 34.8 Å². The second-order valence-corrected chi connectivity index (χ2v) is 4.24. The summed E-state index contributed by atoms with van der Waals surface area (Å²) >= 11 is 0. The van der Waals surface area contributed by atoms with Gasteiger partial charge < -0.3 is 10.1 Å². The maximum atomic E-state index is 5.26. The molecule has 1 heterocycles. The third kappa shape index (κ3) is 3.90. The Labute approximate surface area is 96.2 Å². The van der Waals surface area contributed by atoms with Gasteiger partial charge in [-0.2, -0.15) is 0 Å². The molecule has 1 aromatic rings. The molecule has 0 unspecified atom stereocenters. The highest BCUT2D eigenvalue weighted by Gasteiger charge is 2.20. The minimum atomic E-state index is 0.703. The number of nitrogens with one attached hydrogen (secondary N) is 1. The second-order valence-electron chi connectivity index (χ2n) is 4.24. The number of ether oxygens (including phenoxy) is 1. The molecular formula is C11H20N4O. The van der Waals surface area contributed by atoms with Crippen LogP contribution in [0.2, 0.25) is 0 Å². The molecule has 0 amide bonds. The summed E-state index contributed by atoms with van der Waals surface area (Å²) in [5.74, 6) is 0.910. The topological polar surface area (TPSA) is 52.0 Å². The monoisotopic (exact) mass is 224 g/mol. The second kappa shape index (κ2) is 5.96. The lowest BCUT2D eigenvalue weighted by molar-refractivity contribution is 0.136. The van der Waals surface area contributed by atoms with Crippen molar-refractivity contribution in [3.63, 3.8) is 0 Å². The molecule has 16 heavy (non-hydrogen) atoms. The molecule has 0 saturated heterocycles. The van der Waals surface area contributed by atoms with E-state index in [2.05, 4.69) is 15.6 Å². The van der Waals surface area contributed by atoms with Crippen molar-refractivity contribution in [3.05, 3.63) is 11.9 Å². The highest BCUT2D eigenvalue weighted by molar-refractivity contribution is 4.92. The number of hydrogen-bond acceptors (Lipinski definition) is 4. The van der Waals surface area contributed by atoms with Crippen molar-refractivity contribution in [1.29, 1.82) is 0 Å². The molecule has 1 saturated carbocycles. The molecule has 1 aliphatic carbocycles. The van der Waals surface area contributed by atoms with E-state index in [9.17, 15) is 0 Å². The van der Waals surface area contributed by atoms with E-state index in [1.807, 2.05) is 17.8 Å². The molecule has 0 atom stereocenters. The fraction of sp³-hybridized carbons (Fsp3) is 0.818. The summed E-state index contributed by atoms with van der Waals surface area (Å²) < 4.78 is 7.10. The maximum absolute atomic E-state index is 5.26. The summed E-state index contributed by atoms with van der Waals surface area (Å²) in [5.41, 5.74) is 1.01. The lowest BCUT2D eigenvalue weighted by atomic mass is 10.4. The summed E-state index contributed by atoms with van der Waals surface area (Å²) in [6.07, 6.45) is 4.75. The van der Waals surface area contributed by atoms with Crippen LogP contribution in [0.1, 0.15) is 25.5 Å². The minimum Gasteiger partial charge on any atom is -0.380 e. The van der Waals surface area contributed by atoms with Crippen molar-refractivity contribution < 1.29 is 4.74 Å². The van der Waals surface area contributed by atoms with Crippen LogP contribution < -0.4 is 5.32 Å². The van der Waals surface area contributed by atoms with Crippen LogP contribution in [0.4, 0.5) is 0 Å². The summed E-state index contributed by atoms with van der Waals surface area (Å²) in [6, 6.07) is 0. The summed E-state index contributed by atoms with van der Waals surface area (Å²) in [4.78, 5) is 0. The predicted octanol–water partition coefficient (Wildman–Crippen LogP) is 0.814. The van der Waals surface area contributed by atoms with Crippen molar-refractivity contribution in [2.75, 3.05) is 19.8 Å². The van der Waals surface area contributed by atoms with Gasteiger partial charge in [0.1, 0.15) is 0 Å². The van der Waals surface area contributed by atoms with Crippen LogP contribution in [0.5, 0.6) is 0 Å². The van der Waals surface area contributed by atoms with Gasteiger partial charge >= 0.3 is 0 Å². The normalized spacial score (nSPS) is 15.6. The van der Waals surface area contributed by atoms with Crippen molar-refractivity contribution >= 4 is 0 Å². The molecule has 0 bridgehead atoms. The molecule has 1 aliphatic rings. The molecule has 1 N–H and O–H groups in total. The molecule has 2 rings (SSSR count). The third-order valence-corrected chi connectivity index (χ3v) is 2.69. The first-order valence-electron chi connectivity index (χ1n) is 6.06. The number of hydrogen-bond donors (Lipinski definition) is 1. The highest BCUT2D eigenvalue weighted by atomic mass is 16.5. The molecule has 0 radical (unpaired) electrons. The summed E-state index contributed by atoms with van der Waals surface area (Å²) in [7, 11) is 0. The van der Waals surface area contributed by atoms with Crippen molar-refractivity contribution in [2.45, 2.75) is 32.9 Å². The summed E-state index contributed by atoms with van der Waals surface area (Å²) in [5, 5.41) is 11.6. The van der Waals surface area contributed by atoms with E-state index in [1.165, 1.54) is 12.8 Å². The predicted molar refractivity (Wildman–Crippen MR) is 60.9 cm³/mol. The van der Waals surface area contributed by atoms with E-state index < -0.39 is 0 Å². The highest BCUT2D eigenvalue weighted by Crippen LogP contribution is 2.27. The minimum absolute atomic E-state index is 0.703. The molecule has 0 aliphatic heterocycles. The van der Waals surface area contributed by atoms with E-state index in [4.69, 9.17) is 4.74 Å². The van der Waals surface area contributed by atoms with Gasteiger partial charge in [-0.25, -0.2) is 4.68 Å². The van der Waals surface area contributed by atoms with Gasteiger partial charge in [0, 0.05) is 19.3 Å². The Kier molecular flexibility index (Phi) is 4.30. The van der Waals surface area contributed by atoms with Gasteiger partial charge in [-0.1, -0.05) is 5.21 Å². The standard InChI is InChI=1S/C11H20N4O/c1-2-16-6-5-15-9-11(13-14-15)8-12-7-10-3-4-10/h9-10,12H,2-8H2,1H3. The fourth-order valence-corrected chi connectivity index (χ4v) is 1.56. The van der Waals surface area contributed by atoms with Gasteiger partial charge in [0.05, 0.1) is 18.8 Å². The van der Waals surface area contributed by atoms with Crippen LogP contribution in [0.3, 0.4) is 0 Å². The largest absolute Gasteiger partial charge is 0.380 e. The number of nitrogens with zero attached hydrogens (tertiary/aromatic N) is 3. The molecule has 90 valence electrons. The van der Waals surface area contributed by atoms with Crippen molar-refractivity contribution in [1.82, 2.24) is 20.3 Å². The maximum Gasteiger partial charge on any atom is 0.0964 e. The van der Waals surface area contributed by atoms with Gasteiger partial charge in [0.2, 0.25) is 0 Å². The van der Waals surface area contributed by atoms with Crippen LogP contribution in [0.25, 0.3) is 0 Å². The third-order valence-electron chi connectivity index (χ3n) is 2.69. The molecular weight excluding hydrogens is 204 g/mol. The zero-order chi connectivity index (χ0) is 11.2. The lowest BCUT2D eigenvalue weighted by Gasteiger charge is -2.00. The van der Waals surface area contributed by atoms with Gasteiger partial charge in [-0.3, -0.25) is 0 Å². The Bertz CT molecular complexity index is 309. The molecule has 0 aromatic carbocycles. The molecule has 5 heteroatoms. The smallest absolute Gasteiger partial charge is 0.0964 e. The first-order chi connectivity index (χ1) is 7.88. The van der Waals surface area contributed by atoms with Crippen LogP contribution in [0, 0.1) is 5.92 Å². The van der Waals surface area contributed by atoms with Gasteiger partial charge in [-0.05, 0) is 32.2 Å². The Balaban J connectivity index is 1.64. The quantitative estimate of drug-likeness (QED) is 0.664. The van der Waals surface area contributed by atoms with E-state index in [1.54, 1.807) is 0 Å². The zero-order valence-corrected chi connectivity index (χ0v) is 9.85. The van der Waals surface area contributed by atoms with Crippen LogP contribution in [0.15, 0.2) is 6.20 Å². The molecule has 5 nitrogen and oxygen atoms in total. The Morgan fingerprint density at radius 2 is 2.44 bits per heavy atom. The average Bonchev–Trinajstić information content (AvgIpc) is 2.99. The SMILES string of the molecule is CCOCCn1cc(CNCC2CC2)nn1. The first kappa shape index (κ1) is 11.5. The zero-order valence-electron chi connectivity index (χ0n) is 9.85. The van der Waals surface area contributed by atoms with Crippen LogP contribution >= 0.6 is 0 Å². The molecule has 0 spiro atoms. The molecule has 1 fully saturated rings. The molecule has 1 aromatic heterocycles. The van der Waals surface area contributed by atoms with E-state index >= 15 is 0 Å². The van der Waals surface area contributed by atoms with E-state index in [-0.39, 0.29) is 0 Å². The number of aromatic nitrogens is 3. The first-order valence-corrected chi connectivity index (χ1v) is 6.06. The van der Waals surface area contributed by atoms with E-state index in [0.29, 0.717) is 6.61 Å². The van der Waals surface area contributed by atoms with E-state index in [0.717, 1.165) is 37.9 Å². The van der Waals surface area contributed by atoms with Gasteiger partial charge in [0.15, 0.2) is 0 Å². The Hall–Kier alpha value is -0.940. The Morgan fingerprint density at radius 1 is 1.56 bits per heavy atom. The average molecular weight is 224 g/mol. The van der Waals surface area contributed by atoms with Crippen molar-refractivity contribution in [2.24, 2.45) is 5.92 Å². The fourth-order valence-electron chi connectivity index (χ4n) is 1.56. The summed E-state index contributed by atoms with van der Waals surface area (Å²) in [6.45, 7) is 6.17. The van der Waals surface area contributed by atoms with Gasteiger partial charge in [0.25, 0.3) is 0 Å². The lowest BCUT2D eigenvalue weighted by Crippen LogP contribution is -2.16. The van der Waals surface area contributed by atoms with Crippen molar-refractivity contribution in [3.8, 4) is 0 Å².